The molecular formula is C10H18N2O3. The van der Waals surface area contributed by atoms with Crippen molar-refractivity contribution >= 4 is 5.91 Å². The van der Waals surface area contributed by atoms with E-state index in [9.17, 15) is 4.79 Å². The van der Waals surface area contributed by atoms with Crippen LogP contribution in [-0.2, 0) is 14.3 Å². The molecule has 2 saturated heterocycles. The summed E-state index contributed by atoms with van der Waals surface area (Å²) in [5, 5.41) is 6.10. The highest BCUT2D eigenvalue weighted by molar-refractivity contribution is 5.81. The number of hydrogen-bond donors (Lipinski definition) is 2. The van der Waals surface area contributed by atoms with E-state index in [1.807, 2.05) is 6.92 Å². The van der Waals surface area contributed by atoms with E-state index in [4.69, 9.17) is 9.47 Å². The molecule has 0 aliphatic carbocycles. The first-order valence-electron chi connectivity index (χ1n) is 5.51. The van der Waals surface area contributed by atoms with Gasteiger partial charge in [-0.1, -0.05) is 0 Å². The third-order valence-electron chi connectivity index (χ3n) is 2.92. The van der Waals surface area contributed by atoms with E-state index in [1.165, 1.54) is 0 Å². The summed E-state index contributed by atoms with van der Waals surface area (Å²) in [7, 11) is 0. The minimum Gasteiger partial charge on any atom is -0.376 e. The van der Waals surface area contributed by atoms with Gasteiger partial charge in [0, 0.05) is 19.7 Å². The summed E-state index contributed by atoms with van der Waals surface area (Å²) in [6, 6.07) is 0.142. The highest BCUT2D eigenvalue weighted by Gasteiger charge is 2.29. The van der Waals surface area contributed by atoms with Crippen LogP contribution >= 0.6 is 0 Å². The van der Waals surface area contributed by atoms with Gasteiger partial charge in [-0.05, 0) is 13.3 Å². The number of carbonyl (C=O) groups is 1. The third kappa shape index (κ3) is 2.68. The number of nitrogens with one attached hydrogen (secondary N) is 2. The average molecular weight is 214 g/mol. The Morgan fingerprint density at radius 3 is 2.87 bits per heavy atom. The molecule has 2 rings (SSSR count). The molecule has 0 aromatic carbocycles. The fourth-order valence-electron chi connectivity index (χ4n) is 1.93. The summed E-state index contributed by atoms with van der Waals surface area (Å²) in [4.78, 5) is 11.8. The van der Waals surface area contributed by atoms with Gasteiger partial charge in [0.2, 0.25) is 0 Å². The lowest BCUT2D eigenvalue weighted by Gasteiger charge is -2.25. The Balaban J connectivity index is 1.80. The first-order valence-corrected chi connectivity index (χ1v) is 5.51. The highest BCUT2D eigenvalue weighted by atomic mass is 16.5. The van der Waals surface area contributed by atoms with Gasteiger partial charge < -0.3 is 20.1 Å². The molecule has 0 radical (unpaired) electrons. The SMILES string of the molecule is CC1OCCC1NC(=O)[C@H]1CNCCO1. The number of hydrogen-bond acceptors (Lipinski definition) is 4. The highest BCUT2D eigenvalue weighted by Crippen LogP contribution is 2.12. The summed E-state index contributed by atoms with van der Waals surface area (Å²) in [5.41, 5.74) is 0. The molecule has 5 nitrogen and oxygen atoms in total. The second-order valence-corrected chi connectivity index (χ2v) is 4.04. The Hall–Kier alpha value is -0.650. The molecule has 15 heavy (non-hydrogen) atoms. The topological polar surface area (TPSA) is 59.6 Å². The molecule has 5 heteroatoms. The largest absolute Gasteiger partial charge is 0.376 e. The van der Waals surface area contributed by atoms with Crippen molar-refractivity contribution in [1.29, 1.82) is 0 Å². The van der Waals surface area contributed by atoms with Gasteiger partial charge >= 0.3 is 0 Å². The van der Waals surface area contributed by atoms with Crippen molar-refractivity contribution in [3.05, 3.63) is 0 Å². The molecule has 86 valence electrons. The Morgan fingerprint density at radius 2 is 2.27 bits per heavy atom. The van der Waals surface area contributed by atoms with Crippen molar-refractivity contribution in [3.8, 4) is 0 Å². The number of rotatable bonds is 2. The molecule has 2 N–H and O–H groups in total. The van der Waals surface area contributed by atoms with Gasteiger partial charge in [-0.3, -0.25) is 4.79 Å². The number of ether oxygens (including phenoxy) is 2. The van der Waals surface area contributed by atoms with Crippen LogP contribution in [0.1, 0.15) is 13.3 Å². The van der Waals surface area contributed by atoms with E-state index >= 15 is 0 Å². The Labute approximate surface area is 89.5 Å². The summed E-state index contributed by atoms with van der Waals surface area (Å²) in [6.45, 7) is 4.75. The molecule has 2 aliphatic rings. The van der Waals surface area contributed by atoms with Crippen molar-refractivity contribution < 1.29 is 14.3 Å². The van der Waals surface area contributed by atoms with Crippen LogP contribution < -0.4 is 10.6 Å². The van der Waals surface area contributed by atoms with E-state index in [-0.39, 0.29) is 24.2 Å². The minimum absolute atomic E-state index is 0.0236. The van der Waals surface area contributed by atoms with E-state index in [1.54, 1.807) is 0 Å². The standard InChI is InChI=1S/C10H18N2O3/c1-7-8(2-4-14-7)12-10(13)9-6-11-3-5-15-9/h7-9,11H,2-6H2,1H3,(H,12,13)/t7?,8?,9-/m1/s1. The van der Waals surface area contributed by atoms with Crippen molar-refractivity contribution in [1.82, 2.24) is 10.6 Å². The zero-order valence-electron chi connectivity index (χ0n) is 8.99. The predicted octanol–water partition coefficient (Wildman–Crippen LogP) is -0.732. The Bertz CT molecular complexity index is 229. The summed E-state index contributed by atoms with van der Waals surface area (Å²) in [6.07, 6.45) is 0.671. The summed E-state index contributed by atoms with van der Waals surface area (Å²) in [5.74, 6) is -0.0236. The lowest BCUT2D eigenvalue weighted by atomic mass is 10.1. The Morgan fingerprint density at radius 1 is 1.40 bits per heavy atom. The van der Waals surface area contributed by atoms with Crippen LogP contribution in [0.25, 0.3) is 0 Å². The third-order valence-corrected chi connectivity index (χ3v) is 2.92. The first-order chi connectivity index (χ1) is 7.27. The van der Waals surface area contributed by atoms with Crippen molar-refractivity contribution in [2.24, 2.45) is 0 Å². The van der Waals surface area contributed by atoms with Crippen molar-refractivity contribution in [2.45, 2.75) is 31.6 Å². The van der Waals surface area contributed by atoms with Crippen LogP contribution in [0.2, 0.25) is 0 Å². The van der Waals surface area contributed by atoms with Gasteiger partial charge in [0.05, 0.1) is 18.8 Å². The quantitative estimate of drug-likeness (QED) is 0.636. The molecule has 2 fully saturated rings. The summed E-state index contributed by atoms with van der Waals surface area (Å²) >= 11 is 0. The normalized spacial score (nSPS) is 36.5. The zero-order chi connectivity index (χ0) is 10.7. The molecule has 2 unspecified atom stereocenters. The zero-order valence-corrected chi connectivity index (χ0v) is 8.99. The number of amides is 1. The van der Waals surface area contributed by atoms with Crippen LogP contribution in [0.15, 0.2) is 0 Å². The number of carbonyl (C=O) groups excluding carboxylic acids is 1. The van der Waals surface area contributed by atoms with E-state index < -0.39 is 0 Å². The van der Waals surface area contributed by atoms with Gasteiger partial charge in [-0.25, -0.2) is 0 Å². The van der Waals surface area contributed by atoms with E-state index in [0.29, 0.717) is 13.2 Å². The second-order valence-electron chi connectivity index (χ2n) is 4.04. The molecule has 3 atom stereocenters. The Kier molecular flexibility index (Phi) is 3.56. The summed E-state index contributed by atoms with van der Waals surface area (Å²) < 4.78 is 10.8. The minimum atomic E-state index is -0.341. The average Bonchev–Trinajstić information content (AvgIpc) is 2.66. The molecule has 0 spiro atoms. The molecule has 2 aliphatic heterocycles. The molecule has 2 heterocycles. The fraction of sp³-hybridized carbons (Fsp3) is 0.900. The molecule has 0 bridgehead atoms. The molecule has 0 aromatic rings. The van der Waals surface area contributed by atoms with Gasteiger partial charge in [0.1, 0.15) is 6.10 Å². The lowest BCUT2D eigenvalue weighted by molar-refractivity contribution is -0.135. The molecule has 0 saturated carbocycles. The van der Waals surface area contributed by atoms with Crippen LogP contribution in [0.3, 0.4) is 0 Å². The lowest BCUT2D eigenvalue weighted by Crippen LogP contribution is -2.51. The van der Waals surface area contributed by atoms with Gasteiger partial charge in [-0.2, -0.15) is 0 Å². The van der Waals surface area contributed by atoms with Gasteiger partial charge in [-0.15, -0.1) is 0 Å². The van der Waals surface area contributed by atoms with E-state index in [2.05, 4.69) is 10.6 Å². The maximum absolute atomic E-state index is 11.8. The molecule has 1 amide bonds. The fourth-order valence-corrected chi connectivity index (χ4v) is 1.93. The van der Waals surface area contributed by atoms with E-state index in [0.717, 1.165) is 19.6 Å². The van der Waals surface area contributed by atoms with Crippen LogP contribution in [0.5, 0.6) is 0 Å². The van der Waals surface area contributed by atoms with Crippen molar-refractivity contribution in [2.75, 3.05) is 26.3 Å². The first kappa shape index (κ1) is 10.9. The molecule has 0 aromatic heterocycles. The predicted molar refractivity (Wildman–Crippen MR) is 54.6 cm³/mol. The van der Waals surface area contributed by atoms with Gasteiger partial charge in [0.15, 0.2) is 0 Å². The number of morpholine rings is 1. The van der Waals surface area contributed by atoms with Crippen LogP contribution in [0, 0.1) is 0 Å². The van der Waals surface area contributed by atoms with Crippen LogP contribution in [0.4, 0.5) is 0 Å². The maximum Gasteiger partial charge on any atom is 0.250 e. The monoisotopic (exact) mass is 214 g/mol. The van der Waals surface area contributed by atoms with Crippen molar-refractivity contribution in [3.63, 3.8) is 0 Å². The molecular weight excluding hydrogens is 196 g/mol. The second kappa shape index (κ2) is 4.92. The maximum atomic E-state index is 11.8. The smallest absolute Gasteiger partial charge is 0.250 e. The van der Waals surface area contributed by atoms with Gasteiger partial charge in [0.25, 0.3) is 5.91 Å². The van der Waals surface area contributed by atoms with Crippen LogP contribution in [-0.4, -0.2) is 50.5 Å².